The van der Waals surface area contributed by atoms with Gasteiger partial charge in [0.05, 0.1) is 0 Å². The van der Waals surface area contributed by atoms with Crippen LogP contribution in [0.2, 0.25) is 0 Å². The smallest absolute Gasteiger partial charge is 0.251 e. The Morgan fingerprint density at radius 1 is 1.25 bits per heavy atom. The lowest BCUT2D eigenvalue weighted by Crippen LogP contribution is -2.09. The highest BCUT2D eigenvalue weighted by molar-refractivity contribution is 7.71. The molecule has 2 N–H and O–H groups in total. The molecule has 1 heterocycles. The minimum absolute atomic E-state index is 0.249. The highest BCUT2D eigenvalue weighted by atomic mass is 32.1. The molecule has 0 spiro atoms. The molecule has 16 heavy (non-hydrogen) atoms. The number of rotatable bonds is 2. The fourth-order valence-electron chi connectivity index (χ4n) is 1.46. The van der Waals surface area contributed by atoms with Gasteiger partial charge in [0.2, 0.25) is 0 Å². The monoisotopic (exact) mass is 236 g/mol. The van der Waals surface area contributed by atoms with E-state index in [1.807, 2.05) is 0 Å². The summed E-state index contributed by atoms with van der Waals surface area (Å²) >= 11 is 4.83. The first-order chi connectivity index (χ1) is 7.65. The molecule has 2 aromatic rings. The Kier molecular flexibility index (Phi) is 2.96. The number of H-pyrrole nitrogens is 2. The number of hydrogen-bond acceptors (Lipinski definition) is 2. The van der Waals surface area contributed by atoms with Gasteiger partial charge in [-0.15, -0.1) is 0 Å². The van der Waals surface area contributed by atoms with Gasteiger partial charge in [0.25, 0.3) is 5.56 Å². The maximum Gasteiger partial charge on any atom is 0.251 e. The van der Waals surface area contributed by atoms with Crippen LogP contribution in [0.25, 0.3) is 0 Å². The van der Waals surface area contributed by atoms with E-state index in [9.17, 15) is 9.18 Å². The predicted octanol–water partition coefficient (Wildman–Crippen LogP) is 2.16. The quantitative estimate of drug-likeness (QED) is 0.785. The number of halogens is 1. The zero-order valence-electron chi connectivity index (χ0n) is 8.29. The van der Waals surface area contributed by atoms with Crippen molar-refractivity contribution in [2.24, 2.45) is 0 Å². The number of benzene rings is 1. The van der Waals surface area contributed by atoms with Crippen LogP contribution in [0.4, 0.5) is 4.39 Å². The Labute approximate surface area is 96.0 Å². The standard InChI is InChI=1S/C11H9FN2OS/c12-9-4-2-1-3-7(9)5-8-6-10(15)14-11(16)13-8/h1-4,6H,5H2,(H2,13,14,15,16). The molecule has 0 radical (unpaired) electrons. The molecule has 0 amide bonds. The topological polar surface area (TPSA) is 48.6 Å². The van der Waals surface area contributed by atoms with Gasteiger partial charge in [0.1, 0.15) is 5.82 Å². The fraction of sp³-hybridized carbons (Fsp3) is 0.0909. The Balaban J connectivity index is 2.38. The van der Waals surface area contributed by atoms with Crippen molar-refractivity contribution in [1.29, 1.82) is 0 Å². The Hall–Kier alpha value is -1.75. The Bertz CT molecular complexity index is 589. The van der Waals surface area contributed by atoms with Crippen LogP contribution in [-0.2, 0) is 6.42 Å². The van der Waals surface area contributed by atoms with E-state index in [0.717, 1.165) is 0 Å². The molecule has 0 aliphatic rings. The molecule has 82 valence electrons. The van der Waals surface area contributed by atoms with Crippen molar-refractivity contribution in [3.63, 3.8) is 0 Å². The summed E-state index contributed by atoms with van der Waals surface area (Å²) in [5, 5.41) is 0. The first-order valence-corrected chi connectivity index (χ1v) is 5.12. The van der Waals surface area contributed by atoms with Crippen molar-refractivity contribution in [3.05, 3.63) is 62.5 Å². The molecule has 0 bridgehead atoms. The number of hydrogen-bond donors (Lipinski definition) is 2. The molecule has 0 unspecified atom stereocenters. The molecule has 0 aliphatic carbocycles. The van der Waals surface area contributed by atoms with Crippen LogP contribution in [0.1, 0.15) is 11.3 Å². The molecule has 0 fully saturated rings. The van der Waals surface area contributed by atoms with Gasteiger partial charge in [-0.1, -0.05) is 18.2 Å². The van der Waals surface area contributed by atoms with E-state index in [0.29, 0.717) is 17.7 Å². The minimum Gasteiger partial charge on any atom is -0.336 e. The van der Waals surface area contributed by atoms with Crippen molar-refractivity contribution in [3.8, 4) is 0 Å². The summed E-state index contributed by atoms with van der Waals surface area (Å²) in [6.45, 7) is 0. The van der Waals surface area contributed by atoms with Crippen molar-refractivity contribution in [2.45, 2.75) is 6.42 Å². The molecule has 1 aromatic heterocycles. The van der Waals surface area contributed by atoms with Gasteiger partial charge in [-0.05, 0) is 23.8 Å². The van der Waals surface area contributed by atoms with Crippen molar-refractivity contribution in [1.82, 2.24) is 9.97 Å². The summed E-state index contributed by atoms with van der Waals surface area (Å²) in [5.41, 5.74) is 0.840. The third-order valence-electron chi connectivity index (χ3n) is 2.15. The van der Waals surface area contributed by atoms with Crippen LogP contribution in [-0.4, -0.2) is 9.97 Å². The molecule has 0 saturated heterocycles. The van der Waals surface area contributed by atoms with Gasteiger partial charge >= 0.3 is 0 Å². The maximum absolute atomic E-state index is 13.4. The van der Waals surface area contributed by atoms with E-state index in [2.05, 4.69) is 9.97 Å². The van der Waals surface area contributed by atoms with Gasteiger partial charge in [-0.2, -0.15) is 0 Å². The average molecular weight is 236 g/mol. The lowest BCUT2D eigenvalue weighted by molar-refractivity contribution is 0.613. The highest BCUT2D eigenvalue weighted by Crippen LogP contribution is 2.10. The maximum atomic E-state index is 13.4. The SMILES string of the molecule is O=c1cc(Cc2ccccc2F)[nH]c(=S)[nH]1. The number of aromatic amines is 2. The molecular weight excluding hydrogens is 227 g/mol. The summed E-state index contributed by atoms with van der Waals surface area (Å²) in [6, 6.07) is 7.81. The summed E-state index contributed by atoms with van der Waals surface area (Å²) in [5.74, 6) is -0.290. The van der Waals surface area contributed by atoms with Gasteiger partial charge in [-0.3, -0.25) is 9.78 Å². The molecule has 0 aliphatic heterocycles. The second kappa shape index (κ2) is 4.40. The molecule has 3 nitrogen and oxygen atoms in total. The largest absolute Gasteiger partial charge is 0.336 e. The second-order valence-corrected chi connectivity index (χ2v) is 3.79. The normalized spacial score (nSPS) is 10.3. The molecular formula is C11H9FN2OS. The lowest BCUT2D eigenvalue weighted by atomic mass is 10.1. The van der Waals surface area contributed by atoms with Crippen LogP contribution >= 0.6 is 12.2 Å². The summed E-state index contributed by atoms with van der Waals surface area (Å²) in [4.78, 5) is 16.4. The van der Waals surface area contributed by atoms with Crippen molar-refractivity contribution >= 4 is 12.2 Å². The van der Waals surface area contributed by atoms with Gasteiger partial charge in [0, 0.05) is 18.2 Å². The predicted molar refractivity (Wildman–Crippen MR) is 61.5 cm³/mol. The van der Waals surface area contributed by atoms with Crippen molar-refractivity contribution in [2.75, 3.05) is 0 Å². The summed E-state index contributed by atoms with van der Waals surface area (Å²) in [6.07, 6.45) is 0.320. The van der Waals surface area contributed by atoms with E-state index >= 15 is 0 Å². The Morgan fingerprint density at radius 3 is 2.69 bits per heavy atom. The van der Waals surface area contributed by atoms with Crippen LogP contribution < -0.4 is 5.56 Å². The average Bonchev–Trinajstić information content (AvgIpc) is 2.20. The lowest BCUT2D eigenvalue weighted by Gasteiger charge is -2.02. The van der Waals surface area contributed by atoms with Crippen LogP contribution in [0, 0.1) is 10.6 Å². The van der Waals surface area contributed by atoms with E-state index in [1.165, 1.54) is 12.1 Å². The van der Waals surface area contributed by atoms with Gasteiger partial charge < -0.3 is 4.98 Å². The zero-order valence-corrected chi connectivity index (χ0v) is 9.10. The van der Waals surface area contributed by atoms with E-state index in [-0.39, 0.29) is 16.1 Å². The van der Waals surface area contributed by atoms with Crippen LogP contribution in [0.5, 0.6) is 0 Å². The van der Waals surface area contributed by atoms with Gasteiger partial charge in [0.15, 0.2) is 4.77 Å². The molecule has 5 heteroatoms. The number of aromatic nitrogens is 2. The Morgan fingerprint density at radius 2 is 2.00 bits per heavy atom. The van der Waals surface area contributed by atoms with E-state index in [4.69, 9.17) is 12.2 Å². The summed E-state index contributed by atoms with van der Waals surface area (Å²) in [7, 11) is 0. The van der Waals surface area contributed by atoms with Crippen molar-refractivity contribution < 1.29 is 4.39 Å². The van der Waals surface area contributed by atoms with E-state index < -0.39 is 0 Å². The highest BCUT2D eigenvalue weighted by Gasteiger charge is 2.03. The molecule has 2 rings (SSSR count). The fourth-order valence-corrected chi connectivity index (χ4v) is 1.69. The van der Waals surface area contributed by atoms with Crippen LogP contribution in [0.15, 0.2) is 35.1 Å². The molecule has 1 aromatic carbocycles. The summed E-state index contributed by atoms with van der Waals surface area (Å²) < 4.78 is 13.6. The van der Waals surface area contributed by atoms with Gasteiger partial charge in [-0.25, -0.2) is 4.39 Å². The zero-order chi connectivity index (χ0) is 11.5. The van der Waals surface area contributed by atoms with Crippen LogP contribution in [0.3, 0.4) is 0 Å². The minimum atomic E-state index is -0.290. The van der Waals surface area contributed by atoms with E-state index in [1.54, 1.807) is 18.2 Å². The number of nitrogens with one attached hydrogen (secondary N) is 2. The molecule has 0 atom stereocenters. The third kappa shape index (κ3) is 2.43. The molecule has 0 saturated carbocycles. The second-order valence-electron chi connectivity index (χ2n) is 3.38. The third-order valence-corrected chi connectivity index (χ3v) is 2.36. The first kappa shape index (κ1) is 10.8. The first-order valence-electron chi connectivity index (χ1n) is 4.71.